The van der Waals surface area contributed by atoms with Crippen LogP contribution in [0.25, 0.3) is 10.2 Å². The lowest BCUT2D eigenvalue weighted by Gasteiger charge is -2.07. The topological polar surface area (TPSA) is 63.2 Å². The number of urea groups is 1. The summed E-state index contributed by atoms with van der Waals surface area (Å²) in [5.74, 6) is 0.703. The second-order valence-corrected chi connectivity index (χ2v) is 6.66. The molecule has 3 aromatic rings. The zero-order valence-electron chi connectivity index (χ0n) is 14.1. The van der Waals surface area contributed by atoms with E-state index in [-0.39, 0.29) is 6.03 Å². The molecule has 0 aliphatic heterocycles. The van der Waals surface area contributed by atoms with Gasteiger partial charge in [-0.05, 0) is 55.7 Å². The van der Waals surface area contributed by atoms with Crippen molar-refractivity contribution in [3.63, 3.8) is 0 Å². The molecule has 5 nitrogen and oxygen atoms in total. The Morgan fingerprint density at radius 2 is 1.79 bits per heavy atom. The van der Waals surface area contributed by atoms with Crippen LogP contribution in [0.15, 0.2) is 30.3 Å². The van der Waals surface area contributed by atoms with Crippen molar-refractivity contribution in [3.8, 4) is 5.75 Å². The largest absolute Gasteiger partial charge is 0.494 e. The minimum absolute atomic E-state index is 0.311. The predicted molar refractivity (Wildman–Crippen MR) is 99.5 cm³/mol. The van der Waals surface area contributed by atoms with Crippen LogP contribution in [-0.2, 0) is 0 Å². The molecule has 1 heterocycles. The number of ether oxygens (including phenoxy) is 1. The number of methoxy groups -OCH3 is 1. The first kappa shape index (κ1) is 16.3. The zero-order valence-corrected chi connectivity index (χ0v) is 14.9. The molecule has 2 amide bonds. The number of benzene rings is 2. The lowest BCUT2D eigenvalue weighted by molar-refractivity contribution is 0.262. The quantitative estimate of drug-likeness (QED) is 0.714. The third-order valence-electron chi connectivity index (χ3n) is 3.91. The number of fused-ring (bicyclic) bond motifs is 1. The summed E-state index contributed by atoms with van der Waals surface area (Å²) >= 11 is 1.43. The maximum atomic E-state index is 12.2. The molecule has 24 heavy (non-hydrogen) atoms. The molecule has 0 unspecified atom stereocenters. The number of hydrogen-bond acceptors (Lipinski definition) is 4. The molecular weight excluding hydrogens is 322 g/mol. The summed E-state index contributed by atoms with van der Waals surface area (Å²) in [5, 5.41) is 6.17. The van der Waals surface area contributed by atoms with Gasteiger partial charge >= 0.3 is 6.03 Å². The number of rotatable bonds is 3. The molecule has 0 aliphatic carbocycles. The normalized spacial score (nSPS) is 10.7. The third-order valence-corrected chi connectivity index (χ3v) is 5.01. The van der Waals surface area contributed by atoms with Gasteiger partial charge in [0, 0.05) is 5.69 Å². The summed E-state index contributed by atoms with van der Waals surface area (Å²) in [6.07, 6.45) is 0. The second-order valence-electron chi connectivity index (χ2n) is 5.66. The fraction of sp³-hybridized carbons (Fsp3) is 0.222. The lowest BCUT2D eigenvalue weighted by atomic mass is 10.1. The van der Waals surface area contributed by atoms with Crippen LogP contribution in [0.4, 0.5) is 15.6 Å². The number of nitrogens with one attached hydrogen (secondary N) is 2. The monoisotopic (exact) mass is 341 g/mol. The first-order valence-electron chi connectivity index (χ1n) is 7.57. The Balaban J connectivity index is 1.80. The highest BCUT2D eigenvalue weighted by atomic mass is 32.1. The van der Waals surface area contributed by atoms with Crippen LogP contribution in [0.1, 0.15) is 16.7 Å². The van der Waals surface area contributed by atoms with Crippen LogP contribution in [-0.4, -0.2) is 18.1 Å². The van der Waals surface area contributed by atoms with Crippen LogP contribution < -0.4 is 15.4 Å². The van der Waals surface area contributed by atoms with E-state index >= 15 is 0 Å². The zero-order chi connectivity index (χ0) is 17.3. The molecule has 0 bridgehead atoms. The van der Waals surface area contributed by atoms with E-state index in [1.54, 1.807) is 7.11 Å². The highest BCUT2D eigenvalue weighted by Gasteiger charge is 2.13. The van der Waals surface area contributed by atoms with Gasteiger partial charge in [-0.3, -0.25) is 5.32 Å². The summed E-state index contributed by atoms with van der Waals surface area (Å²) in [5.41, 5.74) is 4.95. The van der Waals surface area contributed by atoms with E-state index in [9.17, 15) is 4.79 Å². The molecule has 1 aromatic heterocycles. The van der Waals surface area contributed by atoms with Crippen LogP contribution in [0.5, 0.6) is 5.75 Å². The van der Waals surface area contributed by atoms with Gasteiger partial charge in [-0.1, -0.05) is 23.5 Å². The number of nitrogens with zero attached hydrogens (tertiary/aromatic N) is 1. The van der Waals surface area contributed by atoms with Gasteiger partial charge in [-0.25, -0.2) is 9.78 Å². The Morgan fingerprint density at radius 3 is 2.50 bits per heavy atom. The van der Waals surface area contributed by atoms with Crippen molar-refractivity contribution < 1.29 is 9.53 Å². The number of thiazole rings is 1. The number of aryl methyl sites for hydroxylation is 3. The van der Waals surface area contributed by atoms with Crippen molar-refractivity contribution in [2.75, 3.05) is 17.7 Å². The van der Waals surface area contributed by atoms with Gasteiger partial charge in [-0.15, -0.1) is 0 Å². The minimum Gasteiger partial charge on any atom is -0.494 e. The molecule has 124 valence electrons. The van der Waals surface area contributed by atoms with E-state index in [0.717, 1.165) is 27.0 Å². The molecule has 0 spiro atoms. The molecule has 0 atom stereocenters. The SMILES string of the molecule is COc1ccc(C)c2sc(NC(=O)Nc3ccc(C)c(C)c3)nc12. The summed E-state index contributed by atoms with van der Waals surface area (Å²) < 4.78 is 6.35. The van der Waals surface area contributed by atoms with E-state index in [0.29, 0.717) is 10.9 Å². The molecule has 2 aromatic carbocycles. The molecule has 0 fully saturated rings. The van der Waals surface area contributed by atoms with E-state index in [1.165, 1.54) is 16.9 Å². The van der Waals surface area contributed by atoms with E-state index in [2.05, 4.69) is 15.6 Å². The number of aromatic nitrogens is 1. The summed E-state index contributed by atoms with van der Waals surface area (Å²) in [4.78, 5) is 16.7. The first-order chi connectivity index (χ1) is 11.5. The number of amides is 2. The molecule has 3 rings (SSSR count). The van der Waals surface area contributed by atoms with Gasteiger partial charge in [0.05, 0.1) is 11.8 Å². The molecule has 0 radical (unpaired) electrons. The standard InChI is InChI=1S/C18H19N3O2S/c1-10-5-7-13(9-12(10)3)19-17(22)21-18-20-15-14(23-4)8-6-11(2)16(15)24-18/h5-9H,1-4H3,(H2,19,20,21,22). The molecule has 6 heteroatoms. The van der Waals surface area contributed by atoms with E-state index in [1.807, 2.05) is 51.1 Å². The van der Waals surface area contributed by atoms with Crippen molar-refractivity contribution in [2.24, 2.45) is 0 Å². The van der Waals surface area contributed by atoms with Gasteiger partial charge in [0.2, 0.25) is 0 Å². The second kappa shape index (κ2) is 6.49. The fourth-order valence-electron chi connectivity index (χ4n) is 2.41. The predicted octanol–water partition coefficient (Wildman–Crippen LogP) is 4.87. The van der Waals surface area contributed by atoms with Crippen molar-refractivity contribution in [1.29, 1.82) is 0 Å². The van der Waals surface area contributed by atoms with Crippen molar-refractivity contribution in [3.05, 3.63) is 47.0 Å². The van der Waals surface area contributed by atoms with Gasteiger partial charge in [0.1, 0.15) is 11.3 Å². The average molecular weight is 341 g/mol. The van der Waals surface area contributed by atoms with Crippen molar-refractivity contribution in [1.82, 2.24) is 4.98 Å². The summed E-state index contributed by atoms with van der Waals surface area (Å²) in [6.45, 7) is 6.07. The summed E-state index contributed by atoms with van der Waals surface area (Å²) in [6, 6.07) is 9.37. The lowest BCUT2D eigenvalue weighted by Crippen LogP contribution is -2.19. The van der Waals surface area contributed by atoms with Crippen LogP contribution in [0, 0.1) is 20.8 Å². The Morgan fingerprint density at radius 1 is 1.04 bits per heavy atom. The van der Waals surface area contributed by atoms with Crippen molar-refractivity contribution >= 4 is 38.4 Å². The number of carbonyl (C=O) groups excluding carboxylic acids is 1. The maximum absolute atomic E-state index is 12.2. The van der Waals surface area contributed by atoms with Crippen LogP contribution in [0.2, 0.25) is 0 Å². The Hall–Kier alpha value is -2.60. The van der Waals surface area contributed by atoms with Crippen LogP contribution in [0.3, 0.4) is 0 Å². The molecule has 0 saturated heterocycles. The Kier molecular flexibility index (Phi) is 4.40. The minimum atomic E-state index is -0.311. The Labute approximate surface area is 144 Å². The highest BCUT2D eigenvalue weighted by Crippen LogP contribution is 2.34. The molecule has 2 N–H and O–H groups in total. The average Bonchev–Trinajstić information content (AvgIpc) is 2.96. The molecule has 0 saturated carbocycles. The smallest absolute Gasteiger partial charge is 0.325 e. The molecular formula is C18H19N3O2S. The third kappa shape index (κ3) is 3.19. The highest BCUT2D eigenvalue weighted by molar-refractivity contribution is 7.22. The van der Waals surface area contributed by atoms with Crippen LogP contribution >= 0.6 is 11.3 Å². The van der Waals surface area contributed by atoms with E-state index < -0.39 is 0 Å². The van der Waals surface area contributed by atoms with Gasteiger partial charge in [0.25, 0.3) is 0 Å². The maximum Gasteiger partial charge on any atom is 0.325 e. The first-order valence-corrected chi connectivity index (χ1v) is 8.39. The summed E-state index contributed by atoms with van der Waals surface area (Å²) in [7, 11) is 1.61. The number of carbonyl (C=O) groups is 1. The Bertz CT molecular complexity index is 918. The fourth-order valence-corrected chi connectivity index (χ4v) is 3.35. The van der Waals surface area contributed by atoms with Gasteiger partial charge in [-0.2, -0.15) is 0 Å². The molecule has 0 aliphatic rings. The van der Waals surface area contributed by atoms with Gasteiger partial charge in [0.15, 0.2) is 5.13 Å². The van der Waals surface area contributed by atoms with E-state index in [4.69, 9.17) is 4.74 Å². The number of hydrogen-bond donors (Lipinski definition) is 2. The van der Waals surface area contributed by atoms with Crippen molar-refractivity contribution in [2.45, 2.75) is 20.8 Å². The van der Waals surface area contributed by atoms with Gasteiger partial charge < -0.3 is 10.1 Å². The number of anilines is 2.